The Kier molecular flexibility index (Phi) is 14.2. The Hall–Kier alpha value is -1.22. The van der Waals surface area contributed by atoms with Crippen LogP contribution in [-0.2, 0) is 4.79 Å². The van der Waals surface area contributed by atoms with Crippen molar-refractivity contribution in [1.29, 1.82) is 0 Å². The molecule has 148 valence electrons. The Morgan fingerprint density at radius 3 is 2.46 bits per heavy atom. The molecular weight excluding hydrogens is 467 g/mol. The van der Waals surface area contributed by atoms with Gasteiger partial charge in [0.25, 0.3) is 0 Å². The van der Waals surface area contributed by atoms with E-state index in [1.165, 1.54) is 0 Å². The number of hydrogen-bond acceptors (Lipinski definition) is 3. The Morgan fingerprint density at radius 2 is 1.85 bits per heavy atom. The van der Waals surface area contributed by atoms with E-state index in [2.05, 4.69) is 20.9 Å². The summed E-state index contributed by atoms with van der Waals surface area (Å²) in [4.78, 5) is 16.1. The van der Waals surface area contributed by atoms with E-state index >= 15 is 0 Å². The zero-order chi connectivity index (χ0) is 18.5. The van der Waals surface area contributed by atoms with Crippen LogP contribution in [-0.4, -0.2) is 44.1 Å². The van der Waals surface area contributed by atoms with Crippen molar-refractivity contribution >= 4 is 47.4 Å². The van der Waals surface area contributed by atoms with Crippen molar-refractivity contribution in [2.24, 2.45) is 4.99 Å². The number of nitrogens with zero attached hydrogens (tertiary/aromatic N) is 1. The first-order valence-electron chi connectivity index (χ1n) is 8.76. The van der Waals surface area contributed by atoms with Gasteiger partial charge in [-0.15, -0.1) is 24.0 Å². The number of guanidine groups is 1. The predicted octanol–water partition coefficient (Wildman–Crippen LogP) is 3.20. The standard InChI is InChI=1S/C18H29ClN4O2.HI/c1-4-11-21-17(24)10-12-22-18(20-5-2)23-13-14(3)25-16-8-6-15(19)7-9-16;/h6-9,14H,4-5,10-13H2,1-3H3,(H,21,24)(H2,20,22,23);1H. The monoisotopic (exact) mass is 496 g/mol. The molecule has 1 aromatic carbocycles. The van der Waals surface area contributed by atoms with Crippen LogP contribution in [0, 0.1) is 0 Å². The van der Waals surface area contributed by atoms with E-state index in [1.807, 2.05) is 32.9 Å². The van der Waals surface area contributed by atoms with E-state index in [9.17, 15) is 4.79 Å². The third kappa shape index (κ3) is 11.4. The zero-order valence-electron chi connectivity index (χ0n) is 15.7. The van der Waals surface area contributed by atoms with Gasteiger partial charge in [0.05, 0.1) is 6.54 Å². The van der Waals surface area contributed by atoms with Crippen molar-refractivity contribution < 1.29 is 9.53 Å². The lowest BCUT2D eigenvalue weighted by atomic mass is 10.3. The second-order valence-corrected chi connectivity index (χ2v) is 6.07. The Balaban J connectivity index is 0.00000625. The molecule has 0 saturated carbocycles. The molecule has 0 fully saturated rings. The number of amides is 1. The molecule has 0 aliphatic heterocycles. The highest BCUT2D eigenvalue weighted by Crippen LogP contribution is 2.16. The first kappa shape index (κ1) is 24.8. The zero-order valence-corrected chi connectivity index (χ0v) is 18.8. The van der Waals surface area contributed by atoms with Crippen LogP contribution in [0.2, 0.25) is 5.02 Å². The number of carbonyl (C=O) groups is 1. The number of aliphatic imine (C=N–C) groups is 1. The second kappa shape index (κ2) is 14.9. The highest BCUT2D eigenvalue weighted by Gasteiger charge is 2.06. The molecule has 3 N–H and O–H groups in total. The summed E-state index contributed by atoms with van der Waals surface area (Å²) in [5.41, 5.74) is 0. The molecule has 0 aliphatic rings. The molecule has 0 radical (unpaired) electrons. The smallest absolute Gasteiger partial charge is 0.221 e. The summed E-state index contributed by atoms with van der Waals surface area (Å²) in [6.07, 6.45) is 1.28. The average Bonchev–Trinajstić information content (AvgIpc) is 2.60. The molecule has 0 heterocycles. The minimum Gasteiger partial charge on any atom is -0.489 e. The molecule has 1 aromatic rings. The van der Waals surface area contributed by atoms with Crippen LogP contribution in [0.1, 0.15) is 33.6 Å². The molecular formula is C18H30ClIN4O2. The van der Waals surface area contributed by atoms with Gasteiger partial charge in [-0.25, -0.2) is 4.99 Å². The molecule has 1 rings (SSSR count). The lowest BCUT2D eigenvalue weighted by Gasteiger charge is -2.15. The number of halogens is 2. The van der Waals surface area contributed by atoms with Crippen LogP contribution in [0.4, 0.5) is 0 Å². The van der Waals surface area contributed by atoms with Gasteiger partial charge in [0, 0.05) is 31.1 Å². The Labute approximate surface area is 178 Å². The van der Waals surface area contributed by atoms with Crippen LogP contribution in [0.3, 0.4) is 0 Å². The van der Waals surface area contributed by atoms with E-state index in [4.69, 9.17) is 16.3 Å². The number of benzene rings is 1. The van der Waals surface area contributed by atoms with Crippen molar-refractivity contribution in [1.82, 2.24) is 16.0 Å². The lowest BCUT2D eigenvalue weighted by molar-refractivity contribution is -0.120. The van der Waals surface area contributed by atoms with Gasteiger partial charge in [0.15, 0.2) is 5.96 Å². The maximum absolute atomic E-state index is 11.6. The summed E-state index contributed by atoms with van der Waals surface area (Å²) in [7, 11) is 0. The van der Waals surface area contributed by atoms with Gasteiger partial charge in [0.2, 0.25) is 5.91 Å². The fraction of sp³-hybridized carbons (Fsp3) is 0.556. The van der Waals surface area contributed by atoms with Gasteiger partial charge >= 0.3 is 0 Å². The largest absolute Gasteiger partial charge is 0.489 e. The van der Waals surface area contributed by atoms with Crippen LogP contribution < -0.4 is 20.7 Å². The summed E-state index contributed by atoms with van der Waals surface area (Å²) in [5, 5.41) is 9.85. The molecule has 1 atom stereocenters. The predicted molar refractivity (Wildman–Crippen MR) is 119 cm³/mol. The van der Waals surface area contributed by atoms with Crippen LogP contribution in [0.15, 0.2) is 29.3 Å². The maximum Gasteiger partial charge on any atom is 0.221 e. The molecule has 1 amide bonds. The topological polar surface area (TPSA) is 74.8 Å². The minimum absolute atomic E-state index is 0. The van der Waals surface area contributed by atoms with E-state index in [1.54, 1.807) is 12.1 Å². The highest BCUT2D eigenvalue weighted by atomic mass is 127. The van der Waals surface area contributed by atoms with Gasteiger partial charge in [-0.2, -0.15) is 0 Å². The molecule has 0 aliphatic carbocycles. The Morgan fingerprint density at radius 1 is 1.15 bits per heavy atom. The van der Waals surface area contributed by atoms with Gasteiger partial charge in [-0.1, -0.05) is 18.5 Å². The van der Waals surface area contributed by atoms with E-state index < -0.39 is 0 Å². The van der Waals surface area contributed by atoms with Crippen molar-refractivity contribution in [2.45, 2.75) is 39.7 Å². The third-order valence-electron chi connectivity index (χ3n) is 3.22. The molecule has 0 spiro atoms. The normalized spacial score (nSPS) is 11.9. The van der Waals surface area contributed by atoms with Crippen molar-refractivity contribution in [3.8, 4) is 5.75 Å². The second-order valence-electron chi connectivity index (χ2n) is 5.63. The summed E-state index contributed by atoms with van der Waals surface area (Å²) >= 11 is 5.86. The van der Waals surface area contributed by atoms with Crippen molar-refractivity contribution in [3.63, 3.8) is 0 Å². The maximum atomic E-state index is 11.6. The summed E-state index contributed by atoms with van der Waals surface area (Å²) in [6.45, 7) is 8.49. The first-order valence-corrected chi connectivity index (χ1v) is 9.14. The summed E-state index contributed by atoms with van der Waals surface area (Å²) in [5.74, 6) is 1.49. The van der Waals surface area contributed by atoms with Crippen molar-refractivity contribution in [3.05, 3.63) is 29.3 Å². The van der Waals surface area contributed by atoms with Gasteiger partial charge in [-0.3, -0.25) is 4.79 Å². The lowest BCUT2D eigenvalue weighted by Crippen LogP contribution is -2.40. The molecule has 6 nitrogen and oxygen atoms in total. The highest BCUT2D eigenvalue weighted by molar-refractivity contribution is 14.0. The quantitative estimate of drug-likeness (QED) is 0.264. The summed E-state index contributed by atoms with van der Waals surface area (Å²) in [6, 6.07) is 7.26. The van der Waals surface area contributed by atoms with Crippen LogP contribution in [0.5, 0.6) is 5.75 Å². The SMILES string of the molecule is CCCNC(=O)CCNC(=NCC(C)Oc1ccc(Cl)cc1)NCC.I. The number of carbonyl (C=O) groups excluding carboxylic acids is 1. The molecule has 26 heavy (non-hydrogen) atoms. The van der Waals surface area contributed by atoms with E-state index in [0.29, 0.717) is 37.0 Å². The van der Waals surface area contributed by atoms with Gasteiger partial charge in [0.1, 0.15) is 11.9 Å². The number of ether oxygens (including phenoxy) is 1. The van der Waals surface area contributed by atoms with Gasteiger partial charge < -0.3 is 20.7 Å². The first-order chi connectivity index (χ1) is 12.0. The fourth-order valence-corrected chi connectivity index (χ4v) is 2.12. The molecule has 0 saturated heterocycles. The number of nitrogens with one attached hydrogen (secondary N) is 3. The summed E-state index contributed by atoms with van der Waals surface area (Å²) < 4.78 is 5.80. The van der Waals surface area contributed by atoms with E-state index in [0.717, 1.165) is 18.7 Å². The van der Waals surface area contributed by atoms with E-state index in [-0.39, 0.29) is 36.0 Å². The minimum atomic E-state index is -0.0792. The third-order valence-corrected chi connectivity index (χ3v) is 3.47. The Bertz CT molecular complexity index is 540. The van der Waals surface area contributed by atoms with Crippen LogP contribution in [0.25, 0.3) is 0 Å². The molecule has 0 bridgehead atoms. The number of hydrogen-bond donors (Lipinski definition) is 3. The fourth-order valence-electron chi connectivity index (χ4n) is 1.99. The molecule has 8 heteroatoms. The average molecular weight is 497 g/mol. The van der Waals surface area contributed by atoms with Crippen LogP contribution >= 0.6 is 35.6 Å². The van der Waals surface area contributed by atoms with Crippen molar-refractivity contribution in [2.75, 3.05) is 26.2 Å². The molecule has 1 unspecified atom stereocenters. The molecule has 0 aromatic heterocycles. The van der Waals surface area contributed by atoms with Gasteiger partial charge in [-0.05, 0) is 44.5 Å². The number of rotatable bonds is 10.